The van der Waals surface area contributed by atoms with Crippen molar-refractivity contribution >= 4 is 5.97 Å². The van der Waals surface area contributed by atoms with E-state index in [1.54, 1.807) is 13.2 Å². The summed E-state index contributed by atoms with van der Waals surface area (Å²) in [7, 11) is 1.63. The summed E-state index contributed by atoms with van der Waals surface area (Å²) >= 11 is 0. The van der Waals surface area contributed by atoms with Crippen LogP contribution in [0.4, 0.5) is 0 Å². The van der Waals surface area contributed by atoms with Crippen molar-refractivity contribution in [1.82, 2.24) is 0 Å². The van der Waals surface area contributed by atoms with E-state index in [0.717, 1.165) is 29.7 Å². The topological polar surface area (TPSA) is 35.5 Å². The van der Waals surface area contributed by atoms with E-state index in [1.807, 2.05) is 31.2 Å². The monoisotopic (exact) mass is 246 g/mol. The van der Waals surface area contributed by atoms with Gasteiger partial charge in [0.05, 0.1) is 7.11 Å². The van der Waals surface area contributed by atoms with Gasteiger partial charge in [-0.05, 0) is 31.0 Å². The highest BCUT2D eigenvalue weighted by molar-refractivity contribution is 5.84. The van der Waals surface area contributed by atoms with Crippen LogP contribution in [-0.4, -0.2) is 13.1 Å². The van der Waals surface area contributed by atoms with Gasteiger partial charge in [-0.15, -0.1) is 0 Å². The summed E-state index contributed by atoms with van der Waals surface area (Å²) in [6.45, 7) is 4.01. The van der Waals surface area contributed by atoms with Gasteiger partial charge >= 0.3 is 5.97 Å². The molecule has 0 unspecified atom stereocenters. The molecule has 3 heteroatoms. The highest BCUT2D eigenvalue weighted by Gasteiger charge is 2.34. The van der Waals surface area contributed by atoms with Crippen LogP contribution in [0.1, 0.15) is 32.3 Å². The van der Waals surface area contributed by atoms with Crippen LogP contribution in [0.3, 0.4) is 0 Å². The lowest BCUT2D eigenvalue weighted by Gasteiger charge is -2.33. The van der Waals surface area contributed by atoms with Gasteiger partial charge in [-0.2, -0.15) is 0 Å². The summed E-state index contributed by atoms with van der Waals surface area (Å²) in [5, 5.41) is 0. The van der Waals surface area contributed by atoms with Crippen LogP contribution in [0.25, 0.3) is 0 Å². The lowest BCUT2D eigenvalue weighted by atomic mass is 9.86. The second kappa shape index (κ2) is 4.84. The van der Waals surface area contributed by atoms with Gasteiger partial charge in [0, 0.05) is 12.5 Å². The number of rotatable bonds is 3. The number of esters is 1. The minimum Gasteiger partial charge on any atom is -0.497 e. The third-order valence-electron chi connectivity index (χ3n) is 3.37. The Bertz CT molecular complexity index is 473. The van der Waals surface area contributed by atoms with Gasteiger partial charge in [-0.1, -0.05) is 24.6 Å². The van der Waals surface area contributed by atoms with E-state index in [0.29, 0.717) is 0 Å². The van der Waals surface area contributed by atoms with Gasteiger partial charge in [-0.3, -0.25) is 0 Å². The Kier molecular flexibility index (Phi) is 3.41. The van der Waals surface area contributed by atoms with E-state index < -0.39 is 5.60 Å². The van der Waals surface area contributed by atoms with Crippen LogP contribution in [-0.2, 0) is 15.1 Å². The van der Waals surface area contributed by atoms with E-state index in [4.69, 9.17) is 9.47 Å². The molecule has 0 aromatic heterocycles. The van der Waals surface area contributed by atoms with Gasteiger partial charge in [0.15, 0.2) is 0 Å². The van der Waals surface area contributed by atoms with Crippen LogP contribution in [0.2, 0.25) is 0 Å². The van der Waals surface area contributed by atoms with Crippen LogP contribution >= 0.6 is 0 Å². The average molecular weight is 246 g/mol. The summed E-state index contributed by atoms with van der Waals surface area (Å²) < 4.78 is 10.6. The molecule has 18 heavy (non-hydrogen) atoms. The van der Waals surface area contributed by atoms with Crippen LogP contribution < -0.4 is 4.74 Å². The number of carbonyl (C=O) groups is 1. The van der Waals surface area contributed by atoms with Crippen molar-refractivity contribution in [2.75, 3.05) is 7.11 Å². The SMILES string of the molecule is CCC1=CC(=O)O[C@](C)(c2ccc(OC)cc2)C1. The second-order valence-electron chi connectivity index (χ2n) is 4.71. The van der Waals surface area contributed by atoms with E-state index in [1.165, 1.54) is 0 Å². The Hall–Kier alpha value is -1.77. The van der Waals surface area contributed by atoms with Crippen molar-refractivity contribution in [3.05, 3.63) is 41.5 Å². The molecule has 0 amide bonds. The van der Waals surface area contributed by atoms with Crippen molar-refractivity contribution in [1.29, 1.82) is 0 Å². The molecule has 1 aliphatic rings. The van der Waals surface area contributed by atoms with Crippen molar-refractivity contribution in [2.45, 2.75) is 32.3 Å². The smallest absolute Gasteiger partial charge is 0.331 e. The number of hydrogen-bond acceptors (Lipinski definition) is 3. The molecule has 0 radical (unpaired) electrons. The van der Waals surface area contributed by atoms with Crippen molar-refractivity contribution in [3.63, 3.8) is 0 Å². The first kappa shape index (κ1) is 12.7. The fourth-order valence-corrected chi connectivity index (χ4v) is 2.27. The van der Waals surface area contributed by atoms with E-state index in [-0.39, 0.29) is 5.97 Å². The van der Waals surface area contributed by atoms with Crippen LogP contribution in [0.5, 0.6) is 5.75 Å². The molecule has 0 saturated heterocycles. The lowest BCUT2D eigenvalue weighted by Crippen LogP contribution is -2.32. The molecule has 0 N–H and O–H groups in total. The maximum absolute atomic E-state index is 11.6. The summed E-state index contributed by atoms with van der Waals surface area (Å²) in [5.74, 6) is 0.548. The highest BCUT2D eigenvalue weighted by atomic mass is 16.6. The molecule has 1 aromatic carbocycles. The number of ether oxygens (including phenoxy) is 2. The Labute approximate surface area is 107 Å². The minimum absolute atomic E-state index is 0.253. The van der Waals surface area contributed by atoms with Gasteiger partial charge in [0.25, 0.3) is 0 Å². The molecule has 1 atom stereocenters. The Morgan fingerprint density at radius 2 is 2.00 bits per heavy atom. The number of cyclic esters (lactones) is 1. The standard InChI is InChI=1S/C15H18O3/c1-4-11-9-14(16)18-15(2,10-11)12-5-7-13(17-3)8-6-12/h5-9H,4,10H2,1-3H3/t15-/m0/s1. The van der Waals surface area contributed by atoms with Gasteiger partial charge in [0.1, 0.15) is 11.4 Å². The first-order valence-electron chi connectivity index (χ1n) is 6.14. The zero-order valence-electron chi connectivity index (χ0n) is 11.0. The average Bonchev–Trinajstić information content (AvgIpc) is 2.37. The second-order valence-corrected chi connectivity index (χ2v) is 4.71. The zero-order valence-corrected chi connectivity index (χ0v) is 11.0. The normalized spacial score (nSPS) is 23.3. The van der Waals surface area contributed by atoms with E-state index in [9.17, 15) is 4.79 Å². The highest BCUT2D eigenvalue weighted by Crippen LogP contribution is 2.37. The fourth-order valence-electron chi connectivity index (χ4n) is 2.27. The molecular formula is C15H18O3. The third kappa shape index (κ3) is 2.40. The Morgan fingerprint density at radius 3 is 2.56 bits per heavy atom. The number of hydrogen-bond donors (Lipinski definition) is 0. The van der Waals surface area contributed by atoms with E-state index in [2.05, 4.69) is 6.92 Å². The zero-order chi connectivity index (χ0) is 13.2. The molecule has 1 aromatic rings. The molecule has 0 bridgehead atoms. The summed E-state index contributed by atoms with van der Waals surface area (Å²) in [4.78, 5) is 11.6. The molecule has 1 aliphatic heterocycles. The molecule has 0 spiro atoms. The molecule has 3 nitrogen and oxygen atoms in total. The van der Waals surface area contributed by atoms with Crippen LogP contribution in [0.15, 0.2) is 35.9 Å². The first-order chi connectivity index (χ1) is 8.57. The predicted molar refractivity (Wildman–Crippen MR) is 69.4 cm³/mol. The van der Waals surface area contributed by atoms with Gasteiger partial charge < -0.3 is 9.47 Å². The quantitative estimate of drug-likeness (QED) is 0.768. The predicted octanol–water partition coefficient (Wildman–Crippen LogP) is 3.19. The molecule has 96 valence electrons. The van der Waals surface area contributed by atoms with E-state index >= 15 is 0 Å². The molecule has 1 heterocycles. The maximum Gasteiger partial charge on any atom is 0.331 e. The minimum atomic E-state index is -0.566. The molecular weight excluding hydrogens is 228 g/mol. The summed E-state index contributed by atoms with van der Waals surface area (Å²) in [6, 6.07) is 7.67. The van der Waals surface area contributed by atoms with Crippen molar-refractivity contribution in [3.8, 4) is 5.75 Å². The maximum atomic E-state index is 11.6. The molecule has 0 fully saturated rings. The molecule has 2 rings (SSSR count). The lowest BCUT2D eigenvalue weighted by molar-refractivity contribution is -0.155. The van der Waals surface area contributed by atoms with Crippen LogP contribution in [0, 0.1) is 0 Å². The van der Waals surface area contributed by atoms with Gasteiger partial charge in [0.2, 0.25) is 0 Å². The Balaban J connectivity index is 2.30. The molecule has 0 aliphatic carbocycles. The number of methoxy groups -OCH3 is 1. The summed E-state index contributed by atoms with van der Waals surface area (Å²) in [6.07, 6.45) is 3.23. The Morgan fingerprint density at radius 1 is 1.33 bits per heavy atom. The van der Waals surface area contributed by atoms with Crippen molar-refractivity contribution < 1.29 is 14.3 Å². The van der Waals surface area contributed by atoms with Gasteiger partial charge in [-0.25, -0.2) is 4.79 Å². The number of benzene rings is 1. The summed E-state index contributed by atoms with van der Waals surface area (Å²) in [5.41, 5.74) is 1.56. The van der Waals surface area contributed by atoms with Crippen molar-refractivity contribution in [2.24, 2.45) is 0 Å². The first-order valence-corrected chi connectivity index (χ1v) is 6.14. The molecule has 0 saturated carbocycles. The number of carbonyl (C=O) groups excluding carboxylic acids is 1. The third-order valence-corrected chi connectivity index (χ3v) is 3.37. The largest absolute Gasteiger partial charge is 0.497 e. The fraction of sp³-hybridized carbons (Fsp3) is 0.400.